The van der Waals surface area contributed by atoms with Crippen molar-refractivity contribution in [3.8, 4) is 0 Å². The molecule has 168 valence electrons. The third-order valence-corrected chi connectivity index (χ3v) is 7.46. The van der Waals surface area contributed by atoms with Gasteiger partial charge in [0.15, 0.2) is 22.6 Å². The van der Waals surface area contributed by atoms with E-state index in [1.54, 1.807) is 6.08 Å². The molecule has 1 amide bonds. The van der Waals surface area contributed by atoms with Gasteiger partial charge < -0.3 is 5.32 Å². The van der Waals surface area contributed by atoms with Crippen LogP contribution in [0.4, 0.5) is 18.9 Å². The average molecular weight is 480 g/mol. The van der Waals surface area contributed by atoms with E-state index in [0.29, 0.717) is 21.3 Å². The van der Waals surface area contributed by atoms with E-state index in [1.807, 2.05) is 0 Å². The minimum absolute atomic E-state index is 0.170. The summed E-state index contributed by atoms with van der Waals surface area (Å²) in [6, 6.07) is 1.68. The van der Waals surface area contributed by atoms with Crippen LogP contribution >= 0.6 is 23.1 Å². The molecule has 1 aromatic carbocycles. The molecule has 32 heavy (non-hydrogen) atoms. The zero-order chi connectivity index (χ0) is 23.0. The van der Waals surface area contributed by atoms with E-state index < -0.39 is 29.0 Å². The van der Waals surface area contributed by atoms with Crippen molar-refractivity contribution in [2.24, 2.45) is 5.92 Å². The molecule has 0 saturated carbocycles. The number of fused-ring (bicyclic) bond motifs is 3. The molecule has 1 unspecified atom stereocenters. The second kappa shape index (κ2) is 9.11. The van der Waals surface area contributed by atoms with Gasteiger partial charge in [0.05, 0.1) is 16.8 Å². The van der Waals surface area contributed by atoms with Crippen molar-refractivity contribution in [3.05, 3.63) is 63.0 Å². The minimum Gasteiger partial charge on any atom is -0.323 e. The number of nitrogens with zero attached hydrogens (tertiary/aromatic N) is 2. The number of benzene rings is 1. The quantitative estimate of drug-likeness (QED) is 0.236. The Hall–Kier alpha value is -2.59. The number of thiophene rings is 1. The molecule has 2 heterocycles. The first-order valence-corrected chi connectivity index (χ1v) is 11.8. The van der Waals surface area contributed by atoms with E-state index in [1.165, 1.54) is 20.8 Å². The minimum atomic E-state index is -1.65. The molecule has 0 fully saturated rings. The maximum absolute atomic E-state index is 13.8. The van der Waals surface area contributed by atoms with E-state index >= 15 is 0 Å². The Labute approximate surface area is 190 Å². The van der Waals surface area contributed by atoms with Crippen molar-refractivity contribution in [3.63, 3.8) is 0 Å². The van der Waals surface area contributed by atoms with Crippen LogP contribution in [0.2, 0.25) is 0 Å². The van der Waals surface area contributed by atoms with Crippen LogP contribution in [0.15, 0.2) is 34.7 Å². The standard InChI is InChI=1S/C22H20F3N3O2S2/c1-3-8-28-21(30)17-12-5-4-11(2)9-15(12)32-20(17)27-22(28)31-10-16(29)26-14-7-6-13(23)18(24)19(14)25/h3,6-7,11H,1,4-5,8-10H2,2H3,(H,26,29). The number of hydrogen-bond acceptors (Lipinski definition) is 5. The highest BCUT2D eigenvalue weighted by molar-refractivity contribution is 7.99. The summed E-state index contributed by atoms with van der Waals surface area (Å²) in [6.07, 6.45) is 4.37. The zero-order valence-electron chi connectivity index (χ0n) is 17.2. The third kappa shape index (κ3) is 4.21. The van der Waals surface area contributed by atoms with Crippen LogP contribution in [0.5, 0.6) is 0 Å². The Morgan fingerprint density at radius 3 is 2.91 bits per heavy atom. The molecule has 0 bridgehead atoms. The highest BCUT2D eigenvalue weighted by Crippen LogP contribution is 2.36. The lowest BCUT2D eigenvalue weighted by Crippen LogP contribution is -2.24. The summed E-state index contributed by atoms with van der Waals surface area (Å²) in [5.74, 6) is -4.74. The average Bonchev–Trinajstić information content (AvgIpc) is 3.12. The molecule has 1 atom stereocenters. The molecule has 10 heteroatoms. The van der Waals surface area contributed by atoms with Gasteiger partial charge in [0.25, 0.3) is 5.56 Å². The Bertz CT molecular complexity index is 1290. The lowest BCUT2D eigenvalue weighted by molar-refractivity contribution is -0.113. The number of thioether (sulfide) groups is 1. The lowest BCUT2D eigenvalue weighted by Gasteiger charge is -2.17. The first-order valence-electron chi connectivity index (χ1n) is 10.0. The molecule has 1 aliphatic carbocycles. The van der Waals surface area contributed by atoms with Crippen molar-refractivity contribution in [2.75, 3.05) is 11.1 Å². The lowest BCUT2D eigenvalue weighted by atomic mass is 9.89. The summed E-state index contributed by atoms with van der Waals surface area (Å²) in [5.41, 5.74) is 0.444. The number of halogens is 3. The molecule has 0 spiro atoms. The number of hydrogen-bond donors (Lipinski definition) is 1. The summed E-state index contributed by atoms with van der Waals surface area (Å²) in [5, 5.41) is 3.20. The number of carbonyl (C=O) groups excluding carboxylic acids is 1. The highest BCUT2D eigenvalue weighted by Gasteiger charge is 2.25. The first kappa shape index (κ1) is 22.6. The van der Waals surface area contributed by atoms with Crippen LogP contribution < -0.4 is 10.9 Å². The van der Waals surface area contributed by atoms with Crippen LogP contribution in [0.3, 0.4) is 0 Å². The van der Waals surface area contributed by atoms with Crippen LogP contribution in [0.1, 0.15) is 23.8 Å². The molecule has 0 saturated heterocycles. The number of rotatable bonds is 6. The Morgan fingerprint density at radius 2 is 2.16 bits per heavy atom. The van der Waals surface area contributed by atoms with Crippen molar-refractivity contribution < 1.29 is 18.0 Å². The number of anilines is 1. The van der Waals surface area contributed by atoms with Crippen molar-refractivity contribution in [1.82, 2.24) is 9.55 Å². The monoisotopic (exact) mass is 479 g/mol. The van der Waals surface area contributed by atoms with E-state index in [0.717, 1.165) is 48.7 Å². The SMILES string of the molecule is C=CCn1c(SCC(=O)Nc2ccc(F)c(F)c2F)nc2sc3c(c2c1=O)CCC(C)C3. The summed E-state index contributed by atoms with van der Waals surface area (Å²) < 4.78 is 41.7. The summed E-state index contributed by atoms with van der Waals surface area (Å²) >= 11 is 2.52. The summed E-state index contributed by atoms with van der Waals surface area (Å²) in [4.78, 5) is 32.0. The topological polar surface area (TPSA) is 64.0 Å². The number of aryl methyl sites for hydroxylation is 1. The normalized spacial score (nSPS) is 15.6. The fourth-order valence-corrected chi connectivity index (χ4v) is 5.98. The van der Waals surface area contributed by atoms with E-state index in [2.05, 4.69) is 23.8 Å². The number of carbonyl (C=O) groups is 1. The molecular formula is C22H20F3N3O2S2. The van der Waals surface area contributed by atoms with Gasteiger partial charge in [-0.2, -0.15) is 0 Å². The molecule has 0 aliphatic heterocycles. The molecule has 1 N–H and O–H groups in total. The van der Waals surface area contributed by atoms with E-state index in [4.69, 9.17) is 0 Å². The smallest absolute Gasteiger partial charge is 0.263 e. The molecule has 4 rings (SSSR count). The maximum atomic E-state index is 13.8. The van der Waals surface area contributed by atoms with Gasteiger partial charge in [0.1, 0.15) is 4.83 Å². The van der Waals surface area contributed by atoms with Crippen molar-refractivity contribution in [1.29, 1.82) is 0 Å². The third-order valence-electron chi connectivity index (χ3n) is 5.33. The van der Waals surface area contributed by atoms with Crippen LogP contribution in [-0.4, -0.2) is 21.2 Å². The molecule has 2 aromatic heterocycles. The Morgan fingerprint density at radius 1 is 1.38 bits per heavy atom. The van der Waals surface area contributed by atoms with Crippen molar-refractivity contribution >= 4 is 44.9 Å². The number of allylic oxidation sites excluding steroid dienone is 1. The van der Waals surface area contributed by atoms with E-state index in [9.17, 15) is 22.8 Å². The molecule has 3 aromatic rings. The van der Waals surface area contributed by atoms with Gasteiger partial charge in [-0.3, -0.25) is 14.2 Å². The molecule has 1 aliphatic rings. The number of amides is 1. The second-order valence-corrected chi connectivity index (χ2v) is 9.72. The number of aromatic nitrogens is 2. The van der Waals surface area contributed by atoms with E-state index in [-0.39, 0.29) is 17.9 Å². The highest BCUT2D eigenvalue weighted by atomic mass is 32.2. The summed E-state index contributed by atoms with van der Waals surface area (Å²) in [7, 11) is 0. The van der Waals surface area contributed by atoms with Gasteiger partial charge in [-0.05, 0) is 42.9 Å². The van der Waals surface area contributed by atoms with Gasteiger partial charge in [-0.1, -0.05) is 24.8 Å². The fourth-order valence-electron chi connectivity index (χ4n) is 3.74. The van der Waals surface area contributed by atoms with Gasteiger partial charge in [0, 0.05) is 11.4 Å². The van der Waals surface area contributed by atoms with Crippen LogP contribution in [-0.2, 0) is 24.2 Å². The van der Waals surface area contributed by atoms with Crippen LogP contribution in [0, 0.1) is 23.4 Å². The van der Waals surface area contributed by atoms with Crippen LogP contribution in [0.25, 0.3) is 10.2 Å². The summed E-state index contributed by atoms with van der Waals surface area (Å²) in [6.45, 7) is 6.11. The maximum Gasteiger partial charge on any atom is 0.263 e. The first-order chi connectivity index (χ1) is 15.3. The largest absolute Gasteiger partial charge is 0.323 e. The predicted molar refractivity (Wildman–Crippen MR) is 121 cm³/mol. The van der Waals surface area contributed by atoms with Gasteiger partial charge in [0.2, 0.25) is 5.91 Å². The van der Waals surface area contributed by atoms with Gasteiger partial charge >= 0.3 is 0 Å². The Kier molecular flexibility index (Phi) is 6.43. The number of nitrogens with one attached hydrogen (secondary N) is 1. The predicted octanol–water partition coefficient (Wildman–Crippen LogP) is 4.92. The zero-order valence-corrected chi connectivity index (χ0v) is 18.8. The van der Waals surface area contributed by atoms with Crippen molar-refractivity contribution in [2.45, 2.75) is 37.9 Å². The second-order valence-electron chi connectivity index (χ2n) is 7.69. The van der Waals surface area contributed by atoms with Gasteiger partial charge in [-0.15, -0.1) is 17.9 Å². The molecular weight excluding hydrogens is 459 g/mol. The Balaban J connectivity index is 1.60. The molecule has 0 radical (unpaired) electrons. The molecule has 5 nitrogen and oxygen atoms in total. The van der Waals surface area contributed by atoms with Gasteiger partial charge in [-0.25, -0.2) is 18.2 Å². The fraction of sp³-hybridized carbons (Fsp3) is 0.318.